The number of carbonyl (C=O) groups excluding carboxylic acids is 1. The summed E-state index contributed by atoms with van der Waals surface area (Å²) < 4.78 is 5.32. The molecule has 1 saturated carbocycles. The number of hydrogen-bond acceptors (Lipinski definition) is 3. The fraction of sp³-hybridized carbons (Fsp3) is 0.357. The van der Waals surface area contributed by atoms with Crippen LogP contribution in [-0.4, -0.2) is 11.9 Å². The van der Waals surface area contributed by atoms with Crippen molar-refractivity contribution in [3.8, 4) is 11.3 Å². The monoisotopic (exact) mass is 261 g/mol. The number of nitrogens with one attached hydrogen (secondary N) is 1. The number of rotatable bonds is 3. The summed E-state index contributed by atoms with van der Waals surface area (Å²) >= 11 is 1.47. The molecule has 94 valence electrons. The van der Waals surface area contributed by atoms with Crippen LogP contribution >= 0.6 is 11.3 Å². The molecule has 1 fully saturated rings. The van der Waals surface area contributed by atoms with Crippen LogP contribution in [0.2, 0.25) is 0 Å². The van der Waals surface area contributed by atoms with Crippen LogP contribution < -0.4 is 5.32 Å². The second kappa shape index (κ2) is 4.98. The van der Waals surface area contributed by atoms with Gasteiger partial charge < -0.3 is 9.73 Å². The Labute approximate surface area is 110 Å². The quantitative estimate of drug-likeness (QED) is 0.915. The average molecular weight is 261 g/mol. The predicted molar refractivity (Wildman–Crippen MR) is 71.7 cm³/mol. The maximum absolute atomic E-state index is 12.1. The van der Waals surface area contributed by atoms with Crippen LogP contribution in [0.4, 0.5) is 0 Å². The van der Waals surface area contributed by atoms with Gasteiger partial charge in [-0.1, -0.05) is 12.8 Å². The van der Waals surface area contributed by atoms with Crippen LogP contribution in [0.15, 0.2) is 34.3 Å². The van der Waals surface area contributed by atoms with Crippen LogP contribution in [-0.2, 0) is 0 Å². The summed E-state index contributed by atoms with van der Waals surface area (Å²) in [6, 6.07) is 6.02. The Morgan fingerprint density at radius 1 is 1.39 bits per heavy atom. The zero-order chi connectivity index (χ0) is 12.4. The highest BCUT2D eigenvalue weighted by molar-refractivity contribution is 7.12. The number of amides is 1. The van der Waals surface area contributed by atoms with Crippen LogP contribution in [0.3, 0.4) is 0 Å². The Bertz CT molecular complexity index is 524. The van der Waals surface area contributed by atoms with E-state index in [1.165, 1.54) is 24.2 Å². The summed E-state index contributed by atoms with van der Waals surface area (Å²) in [7, 11) is 0. The van der Waals surface area contributed by atoms with Crippen LogP contribution in [0.1, 0.15) is 35.4 Å². The van der Waals surface area contributed by atoms with Gasteiger partial charge in [0.2, 0.25) is 0 Å². The van der Waals surface area contributed by atoms with Crippen LogP contribution in [0, 0.1) is 0 Å². The SMILES string of the molecule is O=C(NC1CCCC1)c1cc(-c2ccco2)cs1. The van der Waals surface area contributed by atoms with Crippen LogP contribution in [0.5, 0.6) is 0 Å². The summed E-state index contributed by atoms with van der Waals surface area (Å²) in [5.74, 6) is 0.857. The van der Waals surface area contributed by atoms with E-state index in [0.29, 0.717) is 6.04 Å². The summed E-state index contributed by atoms with van der Waals surface area (Å²) in [4.78, 5) is 12.8. The molecular weight excluding hydrogens is 246 g/mol. The maximum Gasteiger partial charge on any atom is 0.261 e. The van der Waals surface area contributed by atoms with Gasteiger partial charge in [0.1, 0.15) is 5.76 Å². The van der Waals surface area contributed by atoms with Gasteiger partial charge in [0.25, 0.3) is 5.91 Å². The lowest BCUT2D eigenvalue weighted by atomic mass is 10.2. The van der Waals surface area contributed by atoms with E-state index in [0.717, 1.165) is 29.0 Å². The molecule has 0 aliphatic heterocycles. The topological polar surface area (TPSA) is 42.2 Å². The van der Waals surface area contributed by atoms with Gasteiger partial charge in [-0.3, -0.25) is 4.79 Å². The first-order valence-electron chi connectivity index (χ1n) is 6.26. The minimum Gasteiger partial charge on any atom is -0.464 e. The number of carbonyl (C=O) groups is 1. The lowest BCUT2D eigenvalue weighted by Gasteiger charge is -2.10. The summed E-state index contributed by atoms with van der Waals surface area (Å²) in [5.41, 5.74) is 0.974. The largest absolute Gasteiger partial charge is 0.464 e. The minimum atomic E-state index is 0.0460. The standard InChI is InChI=1S/C14H15NO2S/c16-14(15-11-4-1-2-5-11)13-8-10(9-18-13)12-6-3-7-17-12/h3,6-9,11H,1-2,4-5H2,(H,15,16). The first-order valence-corrected chi connectivity index (χ1v) is 7.14. The van der Waals surface area contributed by atoms with E-state index in [4.69, 9.17) is 4.42 Å². The molecule has 2 heterocycles. The van der Waals surface area contributed by atoms with Gasteiger partial charge >= 0.3 is 0 Å². The van der Waals surface area contributed by atoms with Crippen molar-refractivity contribution in [1.82, 2.24) is 5.32 Å². The van der Waals surface area contributed by atoms with E-state index in [1.54, 1.807) is 6.26 Å². The summed E-state index contributed by atoms with van der Waals surface area (Å²) in [6.07, 6.45) is 6.33. The Kier molecular flexibility index (Phi) is 3.19. The lowest BCUT2D eigenvalue weighted by Crippen LogP contribution is -2.31. The molecule has 0 aromatic carbocycles. The highest BCUT2D eigenvalue weighted by atomic mass is 32.1. The van der Waals surface area contributed by atoms with Crippen LogP contribution in [0.25, 0.3) is 11.3 Å². The Balaban J connectivity index is 1.70. The van der Waals surface area contributed by atoms with Crippen molar-refractivity contribution in [2.45, 2.75) is 31.7 Å². The molecule has 0 unspecified atom stereocenters. The second-order valence-electron chi connectivity index (χ2n) is 4.63. The molecule has 3 nitrogen and oxygen atoms in total. The first kappa shape index (κ1) is 11.5. The molecule has 1 aliphatic carbocycles. The zero-order valence-corrected chi connectivity index (χ0v) is 10.8. The zero-order valence-electron chi connectivity index (χ0n) is 10.0. The molecule has 3 rings (SSSR count). The molecule has 1 amide bonds. The molecule has 2 aromatic heterocycles. The lowest BCUT2D eigenvalue weighted by molar-refractivity contribution is 0.0942. The Morgan fingerprint density at radius 3 is 2.94 bits per heavy atom. The molecule has 0 bridgehead atoms. The number of thiophene rings is 1. The van der Waals surface area contributed by atoms with Gasteiger partial charge in [0.05, 0.1) is 11.1 Å². The van der Waals surface area contributed by atoms with Gasteiger partial charge in [-0.15, -0.1) is 11.3 Å². The molecule has 4 heteroatoms. The molecule has 18 heavy (non-hydrogen) atoms. The fourth-order valence-corrected chi connectivity index (χ4v) is 3.15. The third-order valence-electron chi connectivity index (χ3n) is 3.32. The van der Waals surface area contributed by atoms with E-state index in [-0.39, 0.29) is 5.91 Å². The molecule has 1 N–H and O–H groups in total. The van der Waals surface area contributed by atoms with Gasteiger partial charge in [0.15, 0.2) is 0 Å². The highest BCUT2D eigenvalue weighted by Crippen LogP contribution is 2.26. The minimum absolute atomic E-state index is 0.0460. The van der Waals surface area contributed by atoms with Gasteiger partial charge in [-0.2, -0.15) is 0 Å². The third kappa shape index (κ3) is 2.34. The molecule has 0 saturated heterocycles. The van der Waals surface area contributed by atoms with Crippen molar-refractivity contribution >= 4 is 17.2 Å². The van der Waals surface area contributed by atoms with Crippen molar-refractivity contribution in [1.29, 1.82) is 0 Å². The van der Waals surface area contributed by atoms with E-state index in [2.05, 4.69) is 5.32 Å². The van der Waals surface area contributed by atoms with E-state index < -0.39 is 0 Å². The van der Waals surface area contributed by atoms with E-state index >= 15 is 0 Å². The van der Waals surface area contributed by atoms with Crippen molar-refractivity contribution in [3.05, 3.63) is 34.7 Å². The van der Waals surface area contributed by atoms with E-state index in [1.807, 2.05) is 23.6 Å². The van der Waals surface area contributed by atoms with Gasteiger partial charge in [-0.25, -0.2) is 0 Å². The normalized spacial score (nSPS) is 16.0. The Hall–Kier alpha value is -1.55. The number of hydrogen-bond donors (Lipinski definition) is 1. The first-order chi connectivity index (χ1) is 8.83. The molecule has 0 atom stereocenters. The molecule has 0 spiro atoms. The average Bonchev–Trinajstić information content (AvgIpc) is 3.11. The second-order valence-corrected chi connectivity index (χ2v) is 5.54. The molecule has 2 aromatic rings. The van der Waals surface area contributed by atoms with Gasteiger partial charge in [-0.05, 0) is 31.0 Å². The highest BCUT2D eigenvalue weighted by Gasteiger charge is 2.19. The molecule has 0 radical (unpaired) electrons. The van der Waals surface area contributed by atoms with Crippen molar-refractivity contribution in [2.24, 2.45) is 0 Å². The third-order valence-corrected chi connectivity index (χ3v) is 4.25. The van der Waals surface area contributed by atoms with Gasteiger partial charge in [0, 0.05) is 17.0 Å². The number of furan rings is 1. The molecule has 1 aliphatic rings. The van der Waals surface area contributed by atoms with Crippen molar-refractivity contribution in [2.75, 3.05) is 0 Å². The maximum atomic E-state index is 12.1. The Morgan fingerprint density at radius 2 is 2.22 bits per heavy atom. The predicted octanol–water partition coefficient (Wildman–Crippen LogP) is 3.68. The van der Waals surface area contributed by atoms with Crippen molar-refractivity contribution < 1.29 is 9.21 Å². The van der Waals surface area contributed by atoms with Crippen molar-refractivity contribution in [3.63, 3.8) is 0 Å². The summed E-state index contributed by atoms with van der Waals surface area (Å²) in [5, 5.41) is 5.06. The smallest absolute Gasteiger partial charge is 0.261 e. The van der Waals surface area contributed by atoms with E-state index in [9.17, 15) is 4.79 Å². The molecular formula is C14H15NO2S. The summed E-state index contributed by atoms with van der Waals surface area (Å²) in [6.45, 7) is 0. The fourth-order valence-electron chi connectivity index (χ4n) is 2.35.